The average molecular weight is 253 g/mol. The molecule has 1 N–H and O–H groups in total. The van der Waals surface area contributed by atoms with Crippen molar-refractivity contribution in [2.24, 2.45) is 0 Å². The van der Waals surface area contributed by atoms with Crippen LogP contribution in [-0.2, 0) is 4.74 Å². The van der Waals surface area contributed by atoms with Gasteiger partial charge < -0.3 is 14.7 Å². The number of ether oxygens (including phenoxy) is 1. The molecule has 1 aromatic rings. The molecule has 1 saturated heterocycles. The van der Waals surface area contributed by atoms with Crippen LogP contribution >= 0.6 is 0 Å². The van der Waals surface area contributed by atoms with E-state index in [4.69, 9.17) is 10.2 Å². The predicted octanol–water partition coefficient (Wildman–Crippen LogP) is 2.73. The second-order valence-electron chi connectivity index (χ2n) is 5.34. The number of phenolic OH excluding ortho intramolecular Hbond substituents is 1. The van der Waals surface area contributed by atoms with Gasteiger partial charge in [0.15, 0.2) is 0 Å². The third-order valence-electron chi connectivity index (χ3n) is 2.64. The molecule has 0 radical (unpaired) electrons. The topological polar surface area (TPSA) is 49.8 Å². The van der Waals surface area contributed by atoms with E-state index in [0.29, 0.717) is 0 Å². The molecule has 0 aliphatic carbocycles. The molecule has 0 aromatic heterocycles. The Balaban J connectivity index is 2.16. The fourth-order valence-corrected chi connectivity index (χ4v) is 1.75. The second-order valence-corrected chi connectivity index (χ2v) is 5.34. The van der Waals surface area contributed by atoms with Crippen LogP contribution in [0.5, 0.6) is 5.75 Å². The number of nitrogens with zero attached hydrogens (tertiary/aromatic N) is 1. The van der Waals surface area contributed by atoms with E-state index in [-0.39, 0.29) is 36.7 Å². The molecule has 1 aromatic carbocycles. The van der Waals surface area contributed by atoms with Crippen molar-refractivity contribution < 1.29 is 20.1 Å². The first kappa shape index (κ1) is 8.40. The van der Waals surface area contributed by atoms with Gasteiger partial charge in [-0.1, -0.05) is 18.1 Å². The molecule has 4 nitrogen and oxygen atoms in total. The van der Waals surface area contributed by atoms with Gasteiger partial charge in [-0.25, -0.2) is 4.79 Å². The lowest BCUT2D eigenvalue weighted by atomic mass is 9.91. The lowest BCUT2D eigenvalue weighted by Gasteiger charge is -2.40. The average Bonchev–Trinajstić information content (AvgIpc) is 2.34. The number of hydrogen-bond donors (Lipinski definition) is 1. The fraction of sp³-hybridized carbons (Fsp3) is 0.500. The third kappa shape index (κ3) is 2.75. The summed E-state index contributed by atoms with van der Waals surface area (Å²) in [6.07, 6.45) is -0.468. The molecular weight excluding hydrogens is 230 g/mol. The van der Waals surface area contributed by atoms with Crippen LogP contribution in [0.25, 0.3) is 0 Å². The van der Waals surface area contributed by atoms with Crippen molar-refractivity contribution in [1.82, 2.24) is 4.90 Å². The number of para-hydroxylation sites is 1. The number of aromatic hydroxyl groups is 1. The smallest absolute Gasteiger partial charge is 0.410 e. The molecule has 1 fully saturated rings. The zero-order valence-corrected chi connectivity index (χ0v) is 10.7. The molecule has 0 bridgehead atoms. The van der Waals surface area contributed by atoms with Crippen LogP contribution in [0.3, 0.4) is 0 Å². The Morgan fingerprint density at radius 2 is 2.06 bits per heavy atom. The van der Waals surface area contributed by atoms with E-state index in [9.17, 15) is 9.90 Å². The van der Waals surface area contributed by atoms with E-state index in [1.807, 2.05) is 0 Å². The van der Waals surface area contributed by atoms with Crippen LogP contribution in [0, 0.1) is 0 Å². The third-order valence-corrected chi connectivity index (χ3v) is 2.64. The normalized spacial score (nSPS) is 19.4. The van der Waals surface area contributed by atoms with Crippen molar-refractivity contribution in [3.63, 3.8) is 0 Å². The van der Waals surface area contributed by atoms with Gasteiger partial charge in [-0.3, -0.25) is 0 Å². The summed E-state index contributed by atoms with van der Waals surface area (Å²) in [5.41, 5.74) is -0.439. The van der Waals surface area contributed by atoms with E-state index >= 15 is 0 Å². The minimum absolute atomic E-state index is 0.158. The number of carbonyl (C=O) groups is 1. The Kier molecular flexibility index (Phi) is 2.11. The van der Waals surface area contributed by atoms with Gasteiger partial charge in [0.1, 0.15) is 11.4 Å². The van der Waals surface area contributed by atoms with Crippen molar-refractivity contribution in [2.45, 2.75) is 32.3 Å². The van der Waals surface area contributed by atoms with E-state index < -0.39 is 29.5 Å². The quantitative estimate of drug-likeness (QED) is 0.837. The lowest BCUT2D eigenvalue weighted by molar-refractivity contribution is 0.00799. The lowest BCUT2D eigenvalue weighted by Crippen LogP contribution is -2.50. The maximum Gasteiger partial charge on any atom is 0.410 e. The van der Waals surface area contributed by atoms with Crippen molar-refractivity contribution in [3.8, 4) is 5.75 Å². The van der Waals surface area contributed by atoms with Crippen molar-refractivity contribution in [1.29, 1.82) is 0 Å². The van der Waals surface area contributed by atoms with Gasteiger partial charge in [0.2, 0.25) is 0 Å². The van der Waals surface area contributed by atoms with Crippen LogP contribution in [-0.4, -0.2) is 34.8 Å². The summed E-state index contributed by atoms with van der Waals surface area (Å²) in [6.45, 7) is 5.81. The van der Waals surface area contributed by atoms with E-state index in [0.717, 1.165) is 0 Å². The maximum atomic E-state index is 11.9. The Bertz CT molecular complexity index is 592. The maximum absolute atomic E-state index is 11.9. The zero-order chi connectivity index (χ0) is 16.8. The van der Waals surface area contributed by atoms with Gasteiger partial charge in [-0.15, -0.1) is 0 Å². The molecule has 0 atom stereocenters. The summed E-state index contributed by atoms with van der Waals surface area (Å²) in [5.74, 6) is -0.770. The summed E-state index contributed by atoms with van der Waals surface area (Å²) in [5, 5.41) is 9.98. The fourth-order valence-electron chi connectivity index (χ4n) is 1.75. The van der Waals surface area contributed by atoms with Crippen molar-refractivity contribution in [3.05, 3.63) is 29.7 Å². The number of phenols is 1. The molecule has 98 valence electrons. The molecule has 1 heterocycles. The highest BCUT2D eigenvalue weighted by Gasteiger charge is 2.35. The predicted molar refractivity (Wildman–Crippen MR) is 68.7 cm³/mol. The molecule has 0 saturated carbocycles. The molecule has 0 unspecified atom stereocenters. The van der Waals surface area contributed by atoms with E-state index in [1.54, 1.807) is 20.8 Å². The second kappa shape index (κ2) is 4.52. The Morgan fingerprint density at radius 1 is 1.44 bits per heavy atom. The van der Waals surface area contributed by atoms with Crippen LogP contribution in [0.15, 0.2) is 24.2 Å². The summed E-state index contributed by atoms with van der Waals surface area (Å²) >= 11 is 0. The highest BCUT2D eigenvalue weighted by atomic mass is 16.6. The van der Waals surface area contributed by atoms with Gasteiger partial charge in [0.25, 0.3) is 0 Å². The first-order valence-corrected chi connectivity index (χ1v) is 5.80. The molecule has 0 spiro atoms. The number of hydrogen-bond acceptors (Lipinski definition) is 3. The van der Waals surface area contributed by atoms with Gasteiger partial charge in [0, 0.05) is 24.6 Å². The summed E-state index contributed by atoms with van der Waals surface area (Å²) in [6, 6.07) is -1.55. The minimum Gasteiger partial charge on any atom is -0.508 e. The Labute approximate surface area is 113 Å². The number of likely N-dealkylation sites (tertiary alicyclic amines) is 1. The standard InChI is InChI=1S/C14H19NO3/c1-14(2,3)18-13(17)15-8-10(9-15)11-6-4-5-7-12(11)16/h4-7,10,16H,8-9H2,1-3H3/i4D,5D,6D,7D. The van der Waals surface area contributed by atoms with Gasteiger partial charge in [0.05, 0.1) is 5.48 Å². The molecule has 2 rings (SSSR count). The molecular formula is C14H19NO3. The SMILES string of the molecule is [2H]c1c([2H])c([2H])c(C2CN(C(=O)OC(C)(C)C)C2)c(O)c1[2H]. The zero-order valence-electron chi connectivity index (χ0n) is 14.7. The van der Waals surface area contributed by atoms with Crippen LogP contribution < -0.4 is 0 Å². The summed E-state index contributed by atoms with van der Waals surface area (Å²) < 4.78 is 35.9. The Hall–Kier alpha value is -1.71. The number of rotatable bonds is 1. The molecule has 18 heavy (non-hydrogen) atoms. The first-order valence-electron chi connectivity index (χ1n) is 7.80. The first-order chi connectivity index (χ1) is 10.0. The van der Waals surface area contributed by atoms with Crippen molar-refractivity contribution >= 4 is 6.09 Å². The van der Waals surface area contributed by atoms with Crippen LogP contribution in [0.1, 0.15) is 37.7 Å². The van der Waals surface area contributed by atoms with Gasteiger partial charge in [-0.2, -0.15) is 0 Å². The molecule has 4 heteroatoms. The number of amides is 1. The van der Waals surface area contributed by atoms with E-state index in [2.05, 4.69) is 0 Å². The van der Waals surface area contributed by atoms with Crippen LogP contribution in [0.4, 0.5) is 4.79 Å². The minimum atomic E-state index is -0.597. The highest BCUT2D eigenvalue weighted by Crippen LogP contribution is 2.33. The number of benzene rings is 1. The molecule has 1 amide bonds. The monoisotopic (exact) mass is 253 g/mol. The Morgan fingerprint density at radius 3 is 2.67 bits per heavy atom. The van der Waals surface area contributed by atoms with Gasteiger partial charge >= 0.3 is 6.09 Å². The summed E-state index contributed by atoms with van der Waals surface area (Å²) in [7, 11) is 0. The number of carbonyl (C=O) groups excluding carboxylic acids is 1. The largest absolute Gasteiger partial charge is 0.508 e. The van der Waals surface area contributed by atoms with Crippen LogP contribution in [0.2, 0.25) is 0 Å². The summed E-state index contributed by atoms with van der Waals surface area (Å²) in [4.78, 5) is 13.3. The molecule has 1 aliphatic heterocycles. The van der Waals surface area contributed by atoms with Crippen molar-refractivity contribution in [2.75, 3.05) is 13.1 Å². The highest BCUT2D eigenvalue weighted by molar-refractivity contribution is 5.69. The molecule has 1 aliphatic rings. The van der Waals surface area contributed by atoms with Gasteiger partial charge in [-0.05, 0) is 26.8 Å². The van der Waals surface area contributed by atoms with E-state index in [1.165, 1.54) is 4.90 Å².